The Morgan fingerprint density at radius 3 is 1.58 bits per heavy atom. The van der Waals surface area contributed by atoms with Crippen LogP contribution >= 0.6 is 0 Å². The Balaban J connectivity index is 1.14. The lowest BCUT2D eigenvalue weighted by molar-refractivity contribution is 1.18. The predicted octanol–water partition coefficient (Wildman–Crippen LogP) is 12.4. The molecule has 0 aliphatic rings. The fraction of sp³-hybridized carbons (Fsp3) is 0. The number of hydrogen-bond donors (Lipinski definition) is 0. The van der Waals surface area contributed by atoms with Gasteiger partial charge in [-0.3, -0.25) is 0 Å². The standard InChI is InChI=1S/C46H30N2/c1-2-14-37(15-3-1)47-43-19-8-6-17-39(43)41-29-35(23-25-45(41)47)36-24-26-46-42(30-36)40-18-7-9-20-44(40)48(46)38-16-10-13-33(28-38)34-22-21-31-11-4-5-12-32(31)27-34/h1-30H/i4D,5D,11D,12D,21D,22D,27D. The van der Waals surface area contributed by atoms with Crippen LogP contribution in [0.1, 0.15) is 9.60 Å². The zero-order chi connectivity index (χ0) is 37.7. The molecular formula is C46H30N2. The molecule has 0 bridgehead atoms. The molecule has 0 amide bonds. The van der Waals surface area contributed by atoms with Crippen molar-refractivity contribution in [3.63, 3.8) is 0 Å². The van der Waals surface area contributed by atoms with Gasteiger partial charge in [-0.1, -0.05) is 115 Å². The number of benzene rings is 8. The Labute approximate surface area is 288 Å². The summed E-state index contributed by atoms with van der Waals surface area (Å²) in [5, 5.41) is 4.35. The molecule has 0 N–H and O–H groups in total. The highest BCUT2D eigenvalue weighted by Crippen LogP contribution is 2.38. The Kier molecular flexibility index (Phi) is 4.56. The summed E-state index contributed by atoms with van der Waals surface area (Å²) in [4.78, 5) is 0. The smallest absolute Gasteiger partial charge is 0.0636 e. The van der Waals surface area contributed by atoms with E-state index >= 15 is 0 Å². The van der Waals surface area contributed by atoms with E-state index in [0.29, 0.717) is 5.56 Å². The van der Waals surface area contributed by atoms with E-state index in [9.17, 15) is 0 Å². The van der Waals surface area contributed by atoms with Crippen molar-refractivity contribution in [3.05, 3.63) is 182 Å². The van der Waals surface area contributed by atoms with E-state index < -0.39 is 18.1 Å². The van der Waals surface area contributed by atoms with Crippen LogP contribution in [0.3, 0.4) is 0 Å². The zero-order valence-electron chi connectivity index (χ0n) is 32.7. The number of rotatable bonds is 4. The molecular weight excluding hydrogens is 581 g/mol. The summed E-state index contributed by atoms with van der Waals surface area (Å²) in [6, 6.07) is 45.3. The summed E-state index contributed by atoms with van der Waals surface area (Å²) >= 11 is 0. The maximum atomic E-state index is 9.11. The van der Waals surface area contributed by atoms with Crippen molar-refractivity contribution in [1.29, 1.82) is 0 Å². The normalized spacial score (nSPS) is 13.8. The molecule has 0 saturated heterocycles. The zero-order valence-corrected chi connectivity index (χ0v) is 25.7. The van der Waals surface area contributed by atoms with Crippen LogP contribution in [0.2, 0.25) is 0 Å². The molecule has 48 heavy (non-hydrogen) atoms. The molecule has 2 heteroatoms. The van der Waals surface area contributed by atoms with Gasteiger partial charge in [0.15, 0.2) is 0 Å². The maximum Gasteiger partial charge on any atom is 0.0636 e. The number of fused-ring (bicyclic) bond motifs is 7. The number of nitrogens with zero attached hydrogens (tertiary/aromatic N) is 2. The molecule has 0 spiro atoms. The van der Waals surface area contributed by atoms with E-state index in [4.69, 9.17) is 9.60 Å². The highest BCUT2D eigenvalue weighted by molar-refractivity contribution is 6.12. The Morgan fingerprint density at radius 1 is 0.354 bits per heavy atom. The lowest BCUT2D eigenvalue weighted by Crippen LogP contribution is -1.94. The molecule has 0 aliphatic heterocycles. The minimum Gasteiger partial charge on any atom is -0.309 e. The summed E-state index contributed by atoms with van der Waals surface area (Å²) in [6.07, 6.45) is 0. The van der Waals surface area contributed by atoms with Crippen LogP contribution in [0, 0.1) is 0 Å². The van der Waals surface area contributed by atoms with Gasteiger partial charge in [0.05, 0.1) is 31.7 Å². The number of hydrogen-bond acceptors (Lipinski definition) is 0. The van der Waals surface area contributed by atoms with Gasteiger partial charge in [-0.05, 0) is 99.7 Å². The van der Waals surface area contributed by atoms with Crippen LogP contribution in [0.15, 0.2) is 182 Å². The van der Waals surface area contributed by atoms with Crippen LogP contribution < -0.4 is 0 Å². The fourth-order valence-electron chi connectivity index (χ4n) is 7.16. The molecule has 0 radical (unpaired) electrons. The fourth-order valence-corrected chi connectivity index (χ4v) is 7.16. The molecule has 10 aromatic rings. The Bertz CT molecular complexity index is 3240. The van der Waals surface area contributed by atoms with Crippen LogP contribution in [0.4, 0.5) is 0 Å². The van der Waals surface area contributed by atoms with Gasteiger partial charge in [-0.25, -0.2) is 0 Å². The second-order valence-corrected chi connectivity index (χ2v) is 12.1. The van der Waals surface area contributed by atoms with Gasteiger partial charge in [0.1, 0.15) is 0 Å². The number of para-hydroxylation sites is 3. The highest BCUT2D eigenvalue weighted by atomic mass is 15.0. The molecule has 0 saturated carbocycles. The minimum absolute atomic E-state index is 0.0559. The van der Waals surface area contributed by atoms with Crippen molar-refractivity contribution in [3.8, 4) is 33.6 Å². The monoisotopic (exact) mass is 617 g/mol. The Hall–Kier alpha value is -6.38. The van der Waals surface area contributed by atoms with E-state index in [2.05, 4.69) is 106 Å². The average molecular weight is 618 g/mol. The quantitative estimate of drug-likeness (QED) is 0.186. The summed E-state index contributed by atoms with van der Waals surface area (Å²) in [5.41, 5.74) is 9.04. The molecule has 0 aliphatic carbocycles. The molecule has 8 aromatic carbocycles. The summed E-state index contributed by atoms with van der Waals surface area (Å²) in [5.74, 6) is 0. The topological polar surface area (TPSA) is 9.86 Å². The summed E-state index contributed by atoms with van der Waals surface area (Å²) in [7, 11) is 0. The predicted molar refractivity (Wildman–Crippen MR) is 203 cm³/mol. The second-order valence-electron chi connectivity index (χ2n) is 12.1. The molecule has 0 unspecified atom stereocenters. The van der Waals surface area contributed by atoms with Crippen molar-refractivity contribution in [2.45, 2.75) is 0 Å². The first-order chi connectivity index (χ1) is 26.7. The third-order valence-electron chi connectivity index (χ3n) is 9.34. The molecule has 2 nitrogen and oxygen atoms in total. The molecule has 2 heterocycles. The van der Waals surface area contributed by atoms with Gasteiger partial charge < -0.3 is 9.13 Å². The van der Waals surface area contributed by atoms with Crippen molar-refractivity contribution >= 4 is 54.4 Å². The van der Waals surface area contributed by atoms with E-state index in [0.717, 1.165) is 55.3 Å². The SMILES string of the molecule is [2H]c1c([2H])c([2H])c2c([2H])c(-c3cccc(-n4c5ccccc5c5cc(-c6ccc7c(c6)c6ccccc6n7-c6ccccc6)ccc54)c3)c([2H])c([2H])c2c1[2H]. The molecule has 0 atom stereocenters. The first-order valence-corrected chi connectivity index (χ1v) is 16.0. The minimum atomic E-state index is -0.481. The van der Waals surface area contributed by atoms with Crippen molar-refractivity contribution < 1.29 is 9.60 Å². The Morgan fingerprint density at radius 2 is 0.896 bits per heavy atom. The van der Waals surface area contributed by atoms with Crippen LogP contribution in [-0.2, 0) is 0 Å². The highest BCUT2D eigenvalue weighted by Gasteiger charge is 2.16. The lowest BCUT2D eigenvalue weighted by atomic mass is 10.0. The van der Waals surface area contributed by atoms with Gasteiger partial charge in [0.2, 0.25) is 0 Å². The third kappa shape index (κ3) is 4.13. The van der Waals surface area contributed by atoms with Crippen LogP contribution in [0.25, 0.3) is 88.0 Å². The molecule has 224 valence electrons. The maximum absolute atomic E-state index is 9.11. The number of aromatic nitrogens is 2. The second kappa shape index (κ2) is 10.6. The van der Waals surface area contributed by atoms with Crippen LogP contribution in [0.5, 0.6) is 0 Å². The molecule has 2 aromatic heterocycles. The third-order valence-corrected chi connectivity index (χ3v) is 9.34. The van der Waals surface area contributed by atoms with Gasteiger partial charge >= 0.3 is 0 Å². The van der Waals surface area contributed by atoms with E-state index in [1.165, 1.54) is 10.8 Å². The first kappa shape index (κ1) is 20.7. The van der Waals surface area contributed by atoms with Crippen LogP contribution in [-0.4, -0.2) is 9.13 Å². The first-order valence-electron chi connectivity index (χ1n) is 19.5. The van der Waals surface area contributed by atoms with E-state index in [1.54, 1.807) is 6.07 Å². The average Bonchev–Trinajstić information content (AvgIpc) is 3.73. The van der Waals surface area contributed by atoms with E-state index in [-0.39, 0.29) is 40.5 Å². The summed E-state index contributed by atoms with van der Waals surface area (Å²) in [6.45, 7) is 0. The van der Waals surface area contributed by atoms with Crippen molar-refractivity contribution in [2.24, 2.45) is 0 Å². The molecule has 0 fully saturated rings. The summed E-state index contributed by atoms with van der Waals surface area (Å²) < 4.78 is 64.6. The van der Waals surface area contributed by atoms with Gasteiger partial charge in [0, 0.05) is 32.9 Å². The largest absolute Gasteiger partial charge is 0.309 e. The van der Waals surface area contributed by atoms with Gasteiger partial charge in [-0.15, -0.1) is 0 Å². The van der Waals surface area contributed by atoms with Crippen molar-refractivity contribution in [2.75, 3.05) is 0 Å². The van der Waals surface area contributed by atoms with Crippen molar-refractivity contribution in [1.82, 2.24) is 9.13 Å². The van der Waals surface area contributed by atoms with Gasteiger partial charge in [-0.2, -0.15) is 0 Å². The van der Waals surface area contributed by atoms with E-state index in [1.807, 2.05) is 36.4 Å². The van der Waals surface area contributed by atoms with Gasteiger partial charge in [0.25, 0.3) is 0 Å². The molecule has 10 rings (SSSR count). The lowest BCUT2D eigenvalue weighted by Gasteiger charge is -2.11.